The molecule has 0 aliphatic carbocycles. The van der Waals surface area contributed by atoms with Gasteiger partial charge in [0, 0.05) is 25.1 Å². The number of carboxylic acid groups (broad SMARTS) is 1. The fraction of sp³-hybridized carbons (Fsp3) is 0.467. The van der Waals surface area contributed by atoms with Crippen molar-refractivity contribution in [2.24, 2.45) is 0 Å². The van der Waals surface area contributed by atoms with E-state index in [4.69, 9.17) is 4.52 Å². The standard InChI is InChI=1S/C30H36F3N3O6S/c1-2-3-4-5-6-7-8-9-10-11-26-34-27(35-42-26)24-16-12-22(13-17-24)20-36(28(37)29(38)39)21-23-14-18-25(19-15-23)43(40,41)30(31,32)33/h12-19H,2-11,20-21H2,1H3,(H,38,39). The van der Waals surface area contributed by atoms with Crippen LogP contribution in [0.3, 0.4) is 0 Å². The van der Waals surface area contributed by atoms with Crippen molar-refractivity contribution in [3.05, 3.63) is 65.5 Å². The summed E-state index contributed by atoms with van der Waals surface area (Å²) in [6.07, 6.45) is 11.6. The lowest BCUT2D eigenvalue weighted by Gasteiger charge is -2.21. The number of sulfone groups is 1. The highest BCUT2D eigenvalue weighted by atomic mass is 32.2. The predicted octanol–water partition coefficient (Wildman–Crippen LogP) is 6.72. The molecule has 9 nitrogen and oxygen atoms in total. The Balaban J connectivity index is 1.57. The van der Waals surface area contributed by atoms with Crippen LogP contribution in [0.4, 0.5) is 13.2 Å². The number of hydrogen-bond acceptors (Lipinski definition) is 7. The molecule has 0 aliphatic rings. The molecule has 0 bridgehead atoms. The first kappa shape index (κ1) is 33.8. The van der Waals surface area contributed by atoms with Gasteiger partial charge in [0.1, 0.15) is 0 Å². The smallest absolute Gasteiger partial charge is 0.474 e. The fourth-order valence-electron chi connectivity index (χ4n) is 4.50. The van der Waals surface area contributed by atoms with Crippen LogP contribution in [-0.2, 0) is 38.9 Å². The van der Waals surface area contributed by atoms with Crippen LogP contribution in [0.25, 0.3) is 11.4 Å². The van der Waals surface area contributed by atoms with Crippen LogP contribution in [-0.4, -0.2) is 45.9 Å². The lowest BCUT2D eigenvalue weighted by molar-refractivity contribution is -0.156. The first-order chi connectivity index (χ1) is 20.4. The third kappa shape index (κ3) is 9.91. The van der Waals surface area contributed by atoms with E-state index >= 15 is 0 Å². The molecule has 0 saturated heterocycles. The summed E-state index contributed by atoms with van der Waals surface area (Å²) in [6, 6.07) is 10.5. The van der Waals surface area contributed by atoms with Crippen LogP contribution in [0, 0.1) is 0 Å². The van der Waals surface area contributed by atoms with Crippen molar-refractivity contribution in [1.29, 1.82) is 0 Å². The minimum absolute atomic E-state index is 0.121. The Morgan fingerprint density at radius 1 is 0.837 bits per heavy atom. The van der Waals surface area contributed by atoms with Crippen molar-refractivity contribution in [3.63, 3.8) is 0 Å². The molecule has 0 fully saturated rings. The van der Waals surface area contributed by atoms with Gasteiger partial charge < -0.3 is 14.5 Å². The maximum absolute atomic E-state index is 12.8. The van der Waals surface area contributed by atoms with Gasteiger partial charge in [0.2, 0.25) is 11.7 Å². The molecule has 3 rings (SSSR count). The van der Waals surface area contributed by atoms with Gasteiger partial charge in [0.05, 0.1) is 4.90 Å². The van der Waals surface area contributed by atoms with E-state index in [-0.39, 0.29) is 18.7 Å². The van der Waals surface area contributed by atoms with Gasteiger partial charge >= 0.3 is 17.4 Å². The molecule has 1 amide bonds. The van der Waals surface area contributed by atoms with E-state index in [9.17, 15) is 36.3 Å². The van der Waals surface area contributed by atoms with Crippen LogP contribution in [0.1, 0.15) is 81.7 Å². The number of carbonyl (C=O) groups is 2. The lowest BCUT2D eigenvalue weighted by Crippen LogP contribution is -2.35. The summed E-state index contributed by atoms with van der Waals surface area (Å²) in [5.74, 6) is -1.98. The fourth-order valence-corrected chi connectivity index (χ4v) is 5.26. The van der Waals surface area contributed by atoms with Crippen LogP contribution in [0.5, 0.6) is 0 Å². The van der Waals surface area contributed by atoms with Gasteiger partial charge in [-0.2, -0.15) is 18.2 Å². The average molecular weight is 624 g/mol. The normalized spacial score (nSPS) is 11.9. The van der Waals surface area contributed by atoms with Crippen molar-refractivity contribution in [3.8, 4) is 11.4 Å². The number of nitrogens with zero attached hydrogens (tertiary/aromatic N) is 3. The molecule has 0 radical (unpaired) electrons. The lowest BCUT2D eigenvalue weighted by atomic mass is 10.1. The number of amides is 1. The van der Waals surface area contributed by atoms with Gasteiger partial charge in [0.15, 0.2) is 0 Å². The molecule has 3 aromatic rings. The maximum Gasteiger partial charge on any atom is 0.501 e. The molecule has 1 N–H and O–H groups in total. The summed E-state index contributed by atoms with van der Waals surface area (Å²) < 4.78 is 67.0. The summed E-state index contributed by atoms with van der Waals surface area (Å²) in [6.45, 7) is 1.82. The number of alkyl halides is 3. The highest BCUT2D eigenvalue weighted by Crippen LogP contribution is 2.30. The molecule has 234 valence electrons. The monoisotopic (exact) mass is 623 g/mol. The molecule has 0 atom stereocenters. The minimum Gasteiger partial charge on any atom is -0.474 e. The van der Waals surface area contributed by atoms with Crippen molar-refractivity contribution in [2.45, 2.75) is 94.6 Å². The highest BCUT2D eigenvalue weighted by Gasteiger charge is 2.46. The van der Waals surface area contributed by atoms with E-state index in [0.29, 0.717) is 29.3 Å². The Morgan fingerprint density at radius 2 is 1.35 bits per heavy atom. The molecule has 1 aromatic heterocycles. The Bertz CT molecular complexity index is 1440. The zero-order valence-corrected chi connectivity index (χ0v) is 24.8. The molecular formula is C30H36F3N3O6S. The number of aryl methyl sites for hydroxylation is 1. The van der Waals surface area contributed by atoms with E-state index < -0.39 is 32.1 Å². The summed E-state index contributed by atoms with van der Waals surface area (Å²) in [7, 11) is -5.53. The zero-order chi connectivity index (χ0) is 31.5. The number of rotatable bonds is 16. The van der Waals surface area contributed by atoms with Crippen molar-refractivity contribution < 1.29 is 40.8 Å². The molecule has 13 heteroatoms. The van der Waals surface area contributed by atoms with E-state index in [2.05, 4.69) is 17.1 Å². The third-order valence-corrected chi connectivity index (χ3v) is 8.43. The van der Waals surface area contributed by atoms with Crippen molar-refractivity contribution >= 4 is 21.7 Å². The molecule has 1 heterocycles. The Kier molecular flexibility index (Phi) is 12.3. The Labute approximate surface area is 249 Å². The minimum atomic E-state index is -5.53. The first-order valence-corrected chi connectivity index (χ1v) is 15.7. The van der Waals surface area contributed by atoms with Crippen molar-refractivity contribution in [2.75, 3.05) is 0 Å². The number of hydrogen-bond donors (Lipinski definition) is 1. The zero-order valence-electron chi connectivity index (χ0n) is 24.0. The van der Waals surface area contributed by atoms with Crippen molar-refractivity contribution in [1.82, 2.24) is 15.0 Å². The second kappa shape index (κ2) is 15.6. The number of aromatic nitrogens is 2. The van der Waals surface area contributed by atoms with E-state index in [1.165, 1.54) is 44.9 Å². The average Bonchev–Trinajstić information content (AvgIpc) is 3.44. The topological polar surface area (TPSA) is 131 Å². The molecule has 0 saturated carbocycles. The predicted molar refractivity (Wildman–Crippen MR) is 152 cm³/mol. The third-order valence-electron chi connectivity index (χ3n) is 6.93. The molecule has 0 spiro atoms. The van der Waals surface area contributed by atoms with E-state index in [1.54, 1.807) is 24.3 Å². The molecular weight excluding hydrogens is 587 g/mol. The van der Waals surface area contributed by atoms with Gasteiger partial charge in [-0.25, -0.2) is 13.2 Å². The van der Waals surface area contributed by atoms with Gasteiger partial charge in [-0.15, -0.1) is 0 Å². The van der Waals surface area contributed by atoms with Gasteiger partial charge in [-0.05, 0) is 29.7 Å². The largest absolute Gasteiger partial charge is 0.501 e. The number of carboxylic acids is 1. The molecule has 0 aliphatic heterocycles. The first-order valence-electron chi connectivity index (χ1n) is 14.3. The van der Waals surface area contributed by atoms with Gasteiger partial charge in [-0.1, -0.05) is 99.8 Å². The quantitative estimate of drug-likeness (QED) is 0.138. The van der Waals surface area contributed by atoms with E-state index in [0.717, 1.165) is 42.0 Å². The Hall–Kier alpha value is -3.74. The number of halogens is 3. The highest BCUT2D eigenvalue weighted by molar-refractivity contribution is 7.92. The second-order valence-corrected chi connectivity index (χ2v) is 12.3. The summed E-state index contributed by atoms with van der Waals surface area (Å²) in [5.41, 5.74) is -3.96. The van der Waals surface area contributed by atoms with Crippen LogP contribution >= 0.6 is 0 Å². The van der Waals surface area contributed by atoms with E-state index in [1.807, 2.05) is 0 Å². The summed E-state index contributed by atoms with van der Waals surface area (Å²) >= 11 is 0. The number of unbranched alkanes of at least 4 members (excludes halogenated alkanes) is 8. The number of aliphatic carboxylic acids is 1. The van der Waals surface area contributed by atoms with Gasteiger partial charge in [-0.3, -0.25) is 4.79 Å². The second-order valence-electron chi connectivity index (χ2n) is 10.3. The van der Waals surface area contributed by atoms with Crippen LogP contribution in [0.15, 0.2) is 57.9 Å². The molecule has 0 unspecified atom stereocenters. The molecule has 43 heavy (non-hydrogen) atoms. The van der Waals surface area contributed by atoms with Crippen LogP contribution < -0.4 is 0 Å². The summed E-state index contributed by atoms with van der Waals surface area (Å²) in [5, 5.41) is 13.3. The number of carbonyl (C=O) groups excluding carboxylic acids is 1. The van der Waals surface area contributed by atoms with Gasteiger partial charge in [0.25, 0.3) is 9.84 Å². The Morgan fingerprint density at radius 3 is 1.86 bits per heavy atom. The number of benzene rings is 2. The SMILES string of the molecule is CCCCCCCCCCCc1nc(-c2ccc(CN(Cc3ccc(S(=O)(=O)C(F)(F)F)cc3)C(=O)C(=O)O)cc2)no1. The summed E-state index contributed by atoms with van der Waals surface area (Å²) in [4.78, 5) is 28.2. The van der Waals surface area contributed by atoms with Crippen LogP contribution in [0.2, 0.25) is 0 Å². The maximum atomic E-state index is 12.8. The molecule has 2 aromatic carbocycles.